The first-order valence-electron chi connectivity index (χ1n) is 8.33. The highest BCUT2D eigenvalue weighted by Crippen LogP contribution is 2.41. The number of hydroxylamine groups is 1. The lowest BCUT2D eigenvalue weighted by Gasteiger charge is -2.42. The summed E-state index contributed by atoms with van der Waals surface area (Å²) in [7, 11) is 1.92. The van der Waals surface area contributed by atoms with Gasteiger partial charge >= 0.3 is 0 Å². The second-order valence-electron chi connectivity index (χ2n) is 7.06. The molecule has 124 valence electrons. The van der Waals surface area contributed by atoms with Crippen LogP contribution in [0.15, 0.2) is 18.2 Å². The predicted molar refractivity (Wildman–Crippen MR) is 86.3 cm³/mol. The summed E-state index contributed by atoms with van der Waals surface area (Å²) >= 11 is 0. The number of aryl methyl sites for hydroxylation is 1. The molecule has 2 N–H and O–H groups in total. The van der Waals surface area contributed by atoms with Crippen molar-refractivity contribution in [3.05, 3.63) is 34.9 Å². The molecule has 5 heteroatoms. The van der Waals surface area contributed by atoms with Gasteiger partial charge in [0.1, 0.15) is 0 Å². The largest absolute Gasteiger partial charge is 0.345 e. The summed E-state index contributed by atoms with van der Waals surface area (Å²) in [5.41, 5.74) is 4.80. The Labute approximate surface area is 136 Å². The van der Waals surface area contributed by atoms with Crippen LogP contribution in [0.5, 0.6) is 0 Å². The van der Waals surface area contributed by atoms with Gasteiger partial charge in [0.05, 0.1) is 0 Å². The summed E-state index contributed by atoms with van der Waals surface area (Å²) in [5, 5.41) is 8.77. The smallest absolute Gasteiger partial charge is 0.274 e. The van der Waals surface area contributed by atoms with E-state index in [0.717, 1.165) is 45.1 Å². The van der Waals surface area contributed by atoms with Gasteiger partial charge in [0.15, 0.2) is 0 Å². The van der Waals surface area contributed by atoms with Gasteiger partial charge in [0.2, 0.25) is 5.91 Å². The van der Waals surface area contributed by atoms with E-state index in [1.165, 1.54) is 11.1 Å². The van der Waals surface area contributed by atoms with Gasteiger partial charge in [-0.3, -0.25) is 14.8 Å². The zero-order valence-corrected chi connectivity index (χ0v) is 13.6. The Hall–Kier alpha value is -1.88. The van der Waals surface area contributed by atoms with Gasteiger partial charge in [-0.2, -0.15) is 0 Å². The van der Waals surface area contributed by atoms with Crippen molar-refractivity contribution < 1.29 is 14.8 Å². The number of nitrogens with zero attached hydrogens (tertiary/aromatic N) is 1. The molecular formula is C18H24N2O3. The van der Waals surface area contributed by atoms with E-state index in [4.69, 9.17) is 5.21 Å². The van der Waals surface area contributed by atoms with Crippen molar-refractivity contribution in [1.82, 2.24) is 10.4 Å². The molecule has 2 aliphatic rings. The molecule has 1 saturated heterocycles. The molecule has 1 spiro atoms. The van der Waals surface area contributed by atoms with Crippen LogP contribution in [0.25, 0.3) is 0 Å². The van der Waals surface area contributed by atoms with Crippen molar-refractivity contribution in [1.29, 1.82) is 0 Å². The maximum absolute atomic E-state index is 12.0. The van der Waals surface area contributed by atoms with Crippen LogP contribution >= 0.6 is 0 Å². The second kappa shape index (κ2) is 6.32. The van der Waals surface area contributed by atoms with Gasteiger partial charge in [0, 0.05) is 25.6 Å². The Morgan fingerprint density at radius 2 is 2.04 bits per heavy atom. The lowest BCUT2D eigenvalue weighted by molar-refractivity contribution is -0.132. The average Bonchev–Trinajstić information content (AvgIpc) is 2.56. The minimum atomic E-state index is -0.468. The van der Waals surface area contributed by atoms with Crippen LogP contribution in [0, 0.1) is 5.41 Å². The number of benzene rings is 1. The fourth-order valence-corrected chi connectivity index (χ4v) is 4.11. The van der Waals surface area contributed by atoms with Gasteiger partial charge in [-0.25, -0.2) is 5.48 Å². The van der Waals surface area contributed by atoms with Crippen molar-refractivity contribution in [3.8, 4) is 0 Å². The standard InChI is InChI=1S/C18H24N2O3/c1-20-12-18(8-3-2-4-16(20)21)9-7-13-10-14(17(22)19-23)5-6-15(13)11-18/h5-6,10,23H,2-4,7-9,11-12H2,1H3,(H,19,22). The molecule has 3 rings (SSSR count). The van der Waals surface area contributed by atoms with Crippen molar-refractivity contribution in [2.75, 3.05) is 13.6 Å². The highest BCUT2D eigenvalue weighted by Gasteiger charge is 2.37. The zero-order valence-electron chi connectivity index (χ0n) is 13.6. The molecule has 1 aromatic rings. The molecule has 0 aromatic heterocycles. The Morgan fingerprint density at radius 3 is 2.83 bits per heavy atom. The minimum absolute atomic E-state index is 0.165. The summed E-state index contributed by atoms with van der Waals surface area (Å²) in [6.07, 6.45) is 6.84. The molecule has 1 atom stereocenters. The van der Waals surface area contributed by atoms with Gasteiger partial charge in [-0.1, -0.05) is 12.5 Å². The maximum Gasteiger partial charge on any atom is 0.274 e. The van der Waals surface area contributed by atoms with Crippen LogP contribution in [0.2, 0.25) is 0 Å². The summed E-state index contributed by atoms with van der Waals surface area (Å²) in [5.74, 6) is -0.214. The number of hydrogen-bond acceptors (Lipinski definition) is 3. The van der Waals surface area contributed by atoms with E-state index in [2.05, 4.69) is 0 Å². The number of nitrogens with one attached hydrogen (secondary N) is 1. The number of rotatable bonds is 1. The summed E-state index contributed by atoms with van der Waals surface area (Å²) in [6.45, 7) is 0.824. The molecule has 5 nitrogen and oxygen atoms in total. The van der Waals surface area contributed by atoms with Crippen molar-refractivity contribution in [2.45, 2.75) is 44.9 Å². The number of amides is 2. The van der Waals surface area contributed by atoms with Crippen LogP contribution in [0.4, 0.5) is 0 Å². The normalized spacial score (nSPS) is 24.8. The molecular weight excluding hydrogens is 292 g/mol. The van der Waals surface area contributed by atoms with E-state index < -0.39 is 5.91 Å². The van der Waals surface area contributed by atoms with Crippen molar-refractivity contribution in [2.24, 2.45) is 5.41 Å². The van der Waals surface area contributed by atoms with Crippen LogP contribution in [0.3, 0.4) is 0 Å². The van der Waals surface area contributed by atoms with Gasteiger partial charge in [0.25, 0.3) is 5.91 Å². The van der Waals surface area contributed by atoms with E-state index >= 15 is 0 Å². The molecule has 0 bridgehead atoms. The minimum Gasteiger partial charge on any atom is -0.345 e. The maximum atomic E-state index is 12.0. The Bertz CT molecular complexity index is 629. The van der Waals surface area contributed by atoms with E-state index in [1.54, 1.807) is 11.5 Å². The monoisotopic (exact) mass is 316 g/mol. The van der Waals surface area contributed by atoms with Gasteiger partial charge in [-0.15, -0.1) is 0 Å². The average molecular weight is 316 g/mol. The lowest BCUT2D eigenvalue weighted by atomic mass is 9.68. The summed E-state index contributed by atoms with van der Waals surface area (Å²) < 4.78 is 0. The van der Waals surface area contributed by atoms with Crippen LogP contribution in [-0.2, 0) is 17.6 Å². The molecule has 2 amide bonds. The number of carbonyl (C=O) groups is 2. The van der Waals surface area contributed by atoms with Crippen molar-refractivity contribution >= 4 is 11.8 Å². The van der Waals surface area contributed by atoms with Gasteiger partial charge in [-0.05, 0) is 60.8 Å². The first kappa shape index (κ1) is 16.0. The summed E-state index contributed by atoms with van der Waals surface area (Å²) in [4.78, 5) is 25.5. The molecule has 1 aromatic carbocycles. The fourth-order valence-electron chi connectivity index (χ4n) is 4.11. The first-order valence-corrected chi connectivity index (χ1v) is 8.33. The molecule has 1 aliphatic carbocycles. The third-order valence-electron chi connectivity index (χ3n) is 5.41. The zero-order chi connectivity index (χ0) is 16.4. The number of hydrogen-bond donors (Lipinski definition) is 2. The third kappa shape index (κ3) is 3.24. The lowest BCUT2D eigenvalue weighted by Crippen LogP contribution is -2.43. The van der Waals surface area contributed by atoms with Gasteiger partial charge < -0.3 is 4.90 Å². The molecule has 1 heterocycles. The Morgan fingerprint density at radius 1 is 1.22 bits per heavy atom. The number of likely N-dealkylation sites (tertiary alicyclic amines) is 1. The number of fused-ring (bicyclic) bond motifs is 1. The van der Waals surface area contributed by atoms with Crippen LogP contribution in [-0.4, -0.2) is 35.5 Å². The Kier molecular flexibility index (Phi) is 4.39. The SMILES string of the molecule is CN1CC2(CCCCC1=O)CCc1cc(C(=O)NO)ccc1C2. The molecule has 1 unspecified atom stereocenters. The number of carbonyl (C=O) groups excluding carboxylic acids is 2. The molecule has 1 aliphatic heterocycles. The molecule has 1 fully saturated rings. The molecule has 23 heavy (non-hydrogen) atoms. The molecule has 0 radical (unpaired) electrons. The van der Waals surface area contributed by atoms with E-state index in [0.29, 0.717) is 12.0 Å². The summed E-state index contributed by atoms with van der Waals surface area (Å²) in [6, 6.07) is 5.65. The quantitative estimate of drug-likeness (QED) is 0.617. The fraction of sp³-hybridized carbons (Fsp3) is 0.556. The second-order valence-corrected chi connectivity index (χ2v) is 7.06. The first-order chi connectivity index (χ1) is 11.0. The molecule has 0 saturated carbocycles. The predicted octanol–water partition coefficient (Wildman–Crippen LogP) is 2.31. The van der Waals surface area contributed by atoms with E-state index in [1.807, 2.05) is 24.1 Å². The van der Waals surface area contributed by atoms with Crippen LogP contribution < -0.4 is 5.48 Å². The van der Waals surface area contributed by atoms with Crippen molar-refractivity contribution in [3.63, 3.8) is 0 Å². The highest BCUT2D eigenvalue weighted by atomic mass is 16.5. The van der Waals surface area contributed by atoms with Crippen LogP contribution in [0.1, 0.15) is 53.6 Å². The highest BCUT2D eigenvalue weighted by molar-refractivity contribution is 5.93. The van der Waals surface area contributed by atoms with E-state index in [-0.39, 0.29) is 11.3 Å². The third-order valence-corrected chi connectivity index (χ3v) is 5.41. The Balaban J connectivity index is 1.83. The van der Waals surface area contributed by atoms with E-state index in [9.17, 15) is 9.59 Å². The topological polar surface area (TPSA) is 69.6 Å².